The molecule has 2 rings (SSSR count). The molecule has 0 aliphatic heterocycles. The fourth-order valence-electron chi connectivity index (χ4n) is 2.29. The Morgan fingerprint density at radius 1 is 0.957 bits per heavy atom. The molecule has 2 amide bonds. The molecule has 0 heterocycles. The molecule has 0 aromatic heterocycles. The number of hydrogen-bond donors (Lipinski definition) is 2. The van der Waals surface area contributed by atoms with Crippen LogP contribution in [0, 0.1) is 0 Å². The zero-order chi connectivity index (χ0) is 16.5. The lowest BCUT2D eigenvalue weighted by Crippen LogP contribution is -2.34. The molecule has 2 N–H and O–H groups in total. The second-order valence-electron chi connectivity index (χ2n) is 5.36. The van der Waals surface area contributed by atoms with Crippen molar-refractivity contribution in [2.45, 2.75) is 25.8 Å². The van der Waals surface area contributed by atoms with Crippen LogP contribution in [0.3, 0.4) is 0 Å². The number of hydrogen-bond acceptors (Lipinski definition) is 2. The lowest BCUT2D eigenvalue weighted by atomic mass is 10.0. The van der Waals surface area contributed by atoms with E-state index in [1.807, 2.05) is 55.5 Å². The van der Waals surface area contributed by atoms with E-state index >= 15 is 0 Å². The van der Waals surface area contributed by atoms with Crippen molar-refractivity contribution in [2.75, 3.05) is 6.54 Å². The van der Waals surface area contributed by atoms with E-state index in [1.165, 1.54) is 0 Å². The van der Waals surface area contributed by atoms with Crippen LogP contribution in [-0.4, -0.2) is 18.4 Å². The first kappa shape index (κ1) is 16.7. The van der Waals surface area contributed by atoms with Gasteiger partial charge in [-0.25, -0.2) is 0 Å². The second-order valence-corrected chi connectivity index (χ2v) is 5.36. The fourth-order valence-corrected chi connectivity index (χ4v) is 2.29. The van der Waals surface area contributed by atoms with Gasteiger partial charge in [-0.2, -0.15) is 0 Å². The van der Waals surface area contributed by atoms with Gasteiger partial charge >= 0.3 is 0 Å². The SMILES string of the molecule is CCCNC(=O)C[C@@H](NC(=O)c1ccccc1)c1ccccc1. The van der Waals surface area contributed by atoms with Crippen LogP contribution in [0.15, 0.2) is 60.7 Å². The summed E-state index contributed by atoms with van der Waals surface area (Å²) in [6, 6.07) is 18.2. The summed E-state index contributed by atoms with van der Waals surface area (Å²) < 4.78 is 0. The third kappa shape index (κ3) is 5.25. The van der Waals surface area contributed by atoms with Gasteiger partial charge in [0.1, 0.15) is 0 Å². The summed E-state index contributed by atoms with van der Waals surface area (Å²) in [6.07, 6.45) is 1.11. The molecule has 2 aromatic carbocycles. The highest BCUT2D eigenvalue weighted by Gasteiger charge is 2.18. The van der Waals surface area contributed by atoms with Crippen molar-refractivity contribution >= 4 is 11.8 Å². The van der Waals surface area contributed by atoms with Crippen molar-refractivity contribution in [1.82, 2.24) is 10.6 Å². The van der Waals surface area contributed by atoms with Gasteiger partial charge in [-0.05, 0) is 24.1 Å². The summed E-state index contributed by atoms with van der Waals surface area (Å²) in [5.74, 6) is -0.239. The Morgan fingerprint density at radius 2 is 1.57 bits per heavy atom. The van der Waals surface area contributed by atoms with Crippen LogP contribution < -0.4 is 10.6 Å². The largest absolute Gasteiger partial charge is 0.356 e. The van der Waals surface area contributed by atoms with Crippen LogP contribution in [-0.2, 0) is 4.79 Å². The van der Waals surface area contributed by atoms with Crippen molar-refractivity contribution in [3.8, 4) is 0 Å². The topological polar surface area (TPSA) is 58.2 Å². The van der Waals surface area contributed by atoms with E-state index < -0.39 is 0 Å². The Bertz CT molecular complexity index is 626. The number of benzene rings is 2. The van der Waals surface area contributed by atoms with Crippen LogP contribution in [0.25, 0.3) is 0 Å². The first-order chi connectivity index (χ1) is 11.2. The molecule has 2 aromatic rings. The molecule has 0 fully saturated rings. The molecule has 0 aliphatic rings. The summed E-state index contributed by atoms with van der Waals surface area (Å²) in [5, 5.41) is 5.81. The highest BCUT2D eigenvalue weighted by Crippen LogP contribution is 2.17. The minimum atomic E-state index is -0.347. The molecular weight excluding hydrogens is 288 g/mol. The average Bonchev–Trinajstić information content (AvgIpc) is 2.61. The number of nitrogens with one attached hydrogen (secondary N) is 2. The van der Waals surface area contributed by atoms with E-state index in [0.717, 1.165) is 12.0 Å². The van der Waals surface area contributed by atoms with Gasteiger partial charge in [0.25, 0.3) is 5.91 Å². The summed E-state index contributed by atoms with van der Waals surface area (Å²) in [5.41, 5.74) is 1.51. The molecule has 0 aliphatic carbocycles. The smallest absolute Gasteiger partial charge is 0.251 e. The Balaban J connectivity index is 2.10. The van der Waals surface area contributed by atoms with Gasteiger partial charge in [0.05, 0.1) is 12.5 Å². The van der Waals surface area contributed by atoms with E-state index in [1.54, 1.807) is 12.1 Å². The molecule has 0 saturated carbocycles. The minimum Gasteiger partial charge on any atom is -0.356 e. The molecule has 4 nitrogen and oxygen atoms in total. The third-order valence-corrected chi connectivity index (χ3v) is 3.50. The predicted molar refractivity (Wildman–Crippen MR) is 91.0 cm³/mol. The molecule has 4 heteroatoms. The maximum absolute atomic E-state index is 12.4. The molecule has 23 heavy (non-hydrogen) atoms. The van der Waals surface area contributed by atoms with Crippen molar-refractivity contribution in [3.63, 3.8) is 0 Å². The third-order valence-electron chi connectivity index (χ3n) is 3.50. The normalized spacial score (nSPS) is 11.5. The minimum absolute atomic E-state index is 0.0611. The van der Waals surface area contributed by atoms with Gasteiger partial charge in [-0.1, -0.05) is 55.5 Å². The Hall–Kier alpha value is -2.62. The molecule has 120 valence electrons. The average molecular weight is 310 g/mol. The number of carbonyl (C=O) groups excluding carboxylic acids is 2. The van der Waals surface area contributed by atoms with Gasteiger partial charge < -0.3 is 10.6 Å². The maximum Gasteiger partial charge on any atom is 0.251 e. The quantitative estimate of drug-likeness (QED) is 0.825. The van der Waals surface area contributed by atoms with Crippen LogP contribution in [0.5, 0.6) is 0 Å². The molecular formula is C19H22N2O2. The highest BCUT2D eigenvalue weighted by molar-refractivity contribution is 5.94. The maximum atomic E-state index is 12.4. The first-order valence-corrected chi connectivity index (χ1v) is 7.88. The van der Waals surface area contributed by atoms with E-state index in [4.69, 9.17) is 0 Å². The van der Waals surface area contributed by atoms with Gasteiger partial charge in [-0.3, -0.25) is 9.59 Å². The molecule has 0 spiro atoms. The van der Waals surface area contributed by atoms with E-state index in [2.05, 4.69) is 10.6 Å². The zero-order valence-electron chi connectivity index (χ0n) is 13.3. The van der Waals surface area contributed by atoms with E-state index in [0.29, 0.717) is 12.1 Å². The van der Waals surface area contributed by atoms with E-state index in [-0.39, 0.29) is 24.3 Å². The van der Waals surface area contributed by atoms with Gasteiger partial charge in [0, 0.05) is 12.1 Å². The summed E-state index contributed by atoms with van der Waals surface area (Å²) >= 11 is 0. The van der Waals surface area contributed by atoms with Crippen LogP contribution in [0.2, 0.25) is 0 Å². The lowest BCUT2D eigenvalue weighted by molar-refractivity contribution is -0.121. The van der Waals surface area contributed by atoms with Crippen molar-refractivity contribution in [3.05, 3.63) is 71.8 Å². The van der Waals surface area contributed by atoms with Gasteiger partial charge in [0.2, 0.25) is 5.91 Å². The monoisotopic (exact) mass is 310 g/mol. The van der Waals surface area contributed by atoms with Crippen molar-refractivity contribution in [1.29, 1.82) is 0 Å². The predicted octanol–water partition coefficient (Wildman–Crippen LogP) is 3.07. The van der Waals surface area contributed by atoms with Crippen LogP contribution >= 0.6 is 0 Å². The standard InChI is InChI=1S/C19H22N2O2/c1-2-13-20-18(22)14-17(15-9-5-3-6-10-15)21-19(23)16-11-7-4-8-12-16/h3-12,17H,2,13-14H2,1H3,(H,20,22)(H,21,23)/t17-/m1/s1. The van der Waals surface area contributed by atoms with Crippen LogP contribution in [0.4, 0.5) is 0 Å². The van der Waals surface area contributed by atoms with Crippen molar-refractivity contribution in [2.24, 2.45) is 0 Å². The summed E-state index contributed by atoms with van der Waals surface area (Å²) in [6.45, 7) is 2.65. The van der Waals surface area contributed by atoms with Gasteiger partial charge in [-0.15, -0.1) is 0 Å². The van der Waals surface area contributed by atoms with Crippen LogP contribution in [0.1, 0.15) is 41.7 Å². The Kier molecular flexibility index (Phi) is 6.36. The number of carbonyl (C=O) groups is 2. The molecule has 1 atom stereocenters. The second kappa shape index (κ2) is 8.73. The highest BCUT2D eigenvalue weighted by atomic mass is 16.2. The van der Waals surface area contributed by atoms with E-state index in [9.17, 15) is 9.59 Å². The molecule has 0 radical (unpaired) electrons. The Morgan fingerprint density at radius 3 is 2.17 bits per heavy atom. The summed E-state index contributed by atoms with van der Waals surface area (Å²) in [4.78, 5) is 24.4. The zero-order valence-corrected chi connectivity index (χ0v) is 13.3. The van der Waals surface area contributed by atoms with Gasteiger partial charge in [0.15, 0.2) is 0 Å². The lowest BCUT2D eigenvalue weighted by Gasteiger charge is -2.19. The Labute approximate surface area is 136 Å². The fraction of sp³-hybridized carbons (Fsp3) is 0.263. The number of rotatable bonds is 7. The van der Waals surface area contributed by atoms with Crippen molar-refractivity contribution < 1.29 is 9.59 Å². The number of amides is 2. The molecule has 0 unspecified atom stereocenters. The summed E-state index contributed by atoms with van der Waals surface area (Å²) in [7, 11) is 0. The molecule has 0 saturated heterocycles. The first-order valence-electron chi connectivity index (χ1n) is 7.88. The molecule has 0 bridgehead atoms.